The van der Waals surface area contributed by atoms with Crippen LogP contribution in [0.5, 0.6) is 0 Å². The topological polar surface area (TPSA) is 67.2 Å². The Labute approximate surface area is 769 Å². The predicted molar refractivity (Wildman–Crippen MR) is 558 cm³/mol. The molecule has 129 heavy (non-hydrogen) atoms. The lowest BCUT2D eigenvalue weighted by atomic mass is 9.87. The summed E-state index contributed by atoms with van der Waals surface area (Å²) in [6.45, 7) is 22.6. The van der Waals surface area contributed by atoms with E-state index >= 15 is 0 Å². The van der Waals surface area contributed by atoms with Crippen LogP contribution in [0, 0.1) is 27.7 Å². The molecule has 646 valence electrons. The van der Waals surface area contributed by atoms with Gasteiger partial charge in [0.05, 0.1) is 68.3 Å². The number of aromatic nitrogens is 3. The van der Waals surface area contributed by atoms with Crippen LogP contribution in [0.4, 0.5) is 51.2 Å². The average Bonchev–Trinajstić information content (AvgIpc) is 1.56. The zero-order valence-corrected chi connectivity index (χ0v) is 74.9. The van der Waals surface area contributed by atoms with Crippen LogP contribution in [-0.2, 0) is 37.4 Å². The molecule has 0 saturated carbocycles. The summed E-state index contributed by atoms with van der Waals surface area (Å²) in [4.78, 5) is 9.64. The van der Waals surface area contributed by atoms with Crippen molar-refractivity contribution in [2.24, 2.45) is 21.1 Å². The Kier molecular flexibility index (Phi) is 23.0. The highest BCUT2D eigenvalue weighted by atomic mass is 32.1. The summed E-state index contributed by atoms with van der Waals surface area (Å²) < 4.78 is 28.3. The molecule has 9 heterocycles. The molecule has 21 aromatic rings. The first-order valence-corrected chi connectivity index (χ1v) is 45.4. The second-order valence-corrected chi connectivity index (χ2v) is 38.1. The molecule has 3 aliphatic carbocycles. The van der Waals surface area contributed by atoms with Crippen LogP contribution < -0.4 is 14.7 Å². The third kappa shape index (κ3) is 15.0. The van der Waals surface area contributed by atoms with E-state index in [0.717, 1.165) is 50.0 Å². The van der Waals surface area contributed by atoms with E-state index in [0.29, 0.717) is 0 Å². The van der Waals surface area contributed by atoms with Gasteiger partial charge in [-0.2, -0.15) is 0 Å². The summed E-state index contributed by atoms with van der Waals surface area (Å²) in [5.74, 6) is 0. The van der Waals surface area contributed by atoms with E-state index in [1.54, 1.807) is 18.8 Å². The van der Waals surface area contributed by atoms with Gasteiger partial charge in [-0.3, -0.25) is 4.90 Å². The maximum atomic E-state index is 5.90. The van der Waals surface area contributed by atoms with Gasteiger partial charge >= 0.3 is 0 Å². The molecular formula is C116H111N7O3S3. The summed E-state index contributed by atoms with van der Waals surface area (Å²) in [7, 11) is 6.38. The fourth-order valence-corrected chi connectivity index (χ4v) is 22.1. The highest BCUT2D eigenvalue weighted by Crippen LogP contribution is 2.57. The predicted octanol–water partition coefficient (Wildman–Crippen LogP) is 34.9. The van der Waals surface area contributed by atoms with Crippen LogP contribution in [0.1, 0.15) is 127 Å². The maximum Gasteiger partial charge on any atom is 0.136 e. The second kappa shape index (κ2) is 34.1. The Hall–Kier alpha value is -13.8. The summed E-state index contributed by atoms with van der Waals surface area (Å²) in [5, 5.41) is 17.7. The van der Waals surface area contributed by atoms with Crippen molar-refractivity contribution >= 4 is 198 Å². The normalized spacial score (nSPS) is 13.5. The van der Waals surface area contributed by atoms with Gasteiger partial charge in [0.15, 0.2) is 0 Å². The molecule has 10 nitrogen and oxygen atoms in total. The number of rotatable bonds is 12. The molecule has 0 fully saturated rings. The van der Waals surface area contributed by atoms with E-state index in [1.165, 1.54) is 170 Å². The number of fused-ring (bicyclic) bond motifs is 12. The zero-order chi connectivity index (χ0) is 85.5. The number of allylic oxidation sites excluding steroid dienone is 3. The van der Waals surface area contributed by atoms with Gasteiger partial charge in [-0.25, -0.2) is 0 Å². The van der Waals surface area contributed by atoms with Crippen molar-refractivity contribution in [3.05, 3.63) is 394 Å². The van der Waals surface area contributed by atoms with Crippen molar-refractivity contribution in [3.8, 4) is 0 Å². The number of thiophene rings is 3. The number of nitrogens with zero attached hydrogens (tertiary/aromatic N) is 7. The smallest absolute Gasteiger partial charge is 0.136 e. The molecule has 0 atom stereocenters. The van der Waals surface area contributed by atoms with Gasteiger partial charge in [0, 0.05) is 168 Å². The zero-order valence-electron chi connectivity index (χ0n) is 72.4. The van der Waals surface area contributed by atoms with Crippen molar-refractivity contribution in [2.45, 2.75) is 115 Å². The lowest BCUT2D eigenvalue weighted by Gasteiger charge is -2.31. The van der Waals surface area contributed by atoms with Crippen LogP contribution in [0.2, 0.25) is 0 Å². The van der Waals surface area contributed by atoms with Crippen molar-refractivity contribution < 1.29 is 13.3 Å². The van der Waals surface area contributed by atoms with Crippen LogP contribution in [0.3, 0.4) is 0 Å². The van der Waals surface area contributed by atoms with Gasteiger partial charge in [0.25, 0.3) is 0 Å². The van der Waals surface area contributed by atoms with Crippen LogP contribution in [0.15, 0.2) is 352 Å². The first kappa shape index (κ1) is 87.3. The number of anilines is 9. The molecule has 0 unspecified atom stereocenters. The summed E-state index contributed by atoms with van der Waals surface area (Å²) in [6.07, 6.45) is 19.6. The fourth-order valence-electron chi connectivity index (χ4n) is 19.4. The Morgan fingerprint density at radius 1 is 0.256 bits per heavy atom. The molecule has 0 saturated heterocycles. The highest BCUT2D eigenvalue weighted by molar-refractivity contribution is 7.19. The SMILES string of the molecule is C.C.C.C.Cc1ccc2c(c1)C(N(C1=CC(C)(C)c3ccccc31)C1=CC(C)(C)c3ccccc31)=CC2(C)C.Cc1ccc2c(c1)c(N(c1cn(C)c3ccccc13)c1cn(C)c3ccccc13)cn2C.Cc1ccc2occ(N(c3coc4ccccc34)c3coc4ccccc34)c2c1.Cc1ccc2scc(N(c3csc4ccccc34)c3csc4ccccc34)c2c1. The van der Waals surface area contributed by atoms with E-state index < -0.39 is 0 Å². The number of aryl methyl sites for hydroxylation is 7. The largest absolute Gasteiger partial charge is 0.462 e. The number of benzene rings is 12. The third-order valence-electron chi connectivity index (χ3n) is 25.5. The van der Waals surface area contributed by atoms with Crippen molar-refractivity contribution in [2.75, 3.05) is 14.7 Å². The minimum atomic E-state index is -0.0288. The molecule has 0 radical (unpaired) electrons. The van der Waals surface area contributed by atoms with E-state index in [-0.39, 0.29) is 46.0 Å². The van der Waals surface area contributed by atoms with Gasteiger partial charge in [0.1, 0.15) is 35.5 Å². The van der Waals surface area contributed by atoms with Gasteiger partial charge in [0.2, 0.25) is 0 Å². The minimum Gasteiger partial charge on any atom is -0.462 e. The van der Waals surface area contributed by atoms with Crippen LogP contribution in [0.25, 0.3) is 113 Å². The number of hydrogen-bond acceptors (Lipinski definition) is 10. The standard InChI is InChI=1S/C34H35N.C28H26N4.C25H17NO3.C25H17NS3.4CH4/c1-22-16-17-28-25(18-22)31(21-34(28,6)7)35(29-19-32(2,3)26-14-10-8-12-23(26)29)30-20-33(4,5)27-15-11-9-13-24(27)30;1-19-13-14-25-22(15-19)28(18-31(25)4)32(26-16-29(2)23-11-7-5-9-20(23)26)27-17-30(3)24-12-8-6-10-21(24)27;2*1-16-10-11-25-19(12-16)22(15-29-25)26(20-13-27-23-8-4-2-6-17(20)23)21-14-28-24-9-5-3-7-18(21)24;;;;/h8-21H,1-7H3;5-18H,1-4H3;2*2-15H,1H3;4*1H4. The van der Waals surface area contributed by atoms with Crippen LogP contribution in [-0.4, -0.2) is 18.6 Å². The molecule has 12 aromatic carbocycles. The van der Waals surface area contributed by atoms with Gasteiger partial charge < -0.3 is 41.7 Å². The number of para-hydroxylation sites is 4. The lowest BCUT2D eigenvalue weighted by Crippen LogP contribution is -2.18. The molecule has 0 aliphatic heterocycles. The lowest BCUT2D eigenvalue weighted by molar-refractivity contribution is 0.611. The molecular weight excluding hydrogens is 1640 g/mol. The van der Waals surface area contributed by atoms with Crippen molar-refractivity contribution in [3.63, 3.8) is 0 Å². The monoisotopic (exact) mass is 1750 g/mol. The van der Waals surface area contributed by atoms with E-state index in [1.807, 2.05) is 76.5 Å². The van der Waals surface area contributed by atoms with Gasteiger partial charge in [-0.15, -0.1) is 34.0 Å². The Bertz CT molecular complexity index is 7410. The second-order valence-electron chi connectivity index (χ2n) is 35.4. The van der Waals surface area contributed by atoms with Gasteiger partial charge in [-0.05, 0) is 154 Å². The molecule has 0 bridgehead atoms. The molecule has 0 N–H and O–H groups in total. The third-order valence-corrected chi connectivity index (χ3v) is 28.3. The maximum absolute atomic E-state index is 5.90. The number of furan rings is 3. The van der Waals surface area contributed by atoms with E-state index in [9.17, 15) is 0 Å². The van der Waals surface area contributed by atoms with Crippen LogP contribution >= 0.6 is 34.0 Å². The Morgan fingerprint density at radius 3 is 1.07 bits per heavy atom. The van der Waals surface area contributed by atoms with Crippen molar-refractivity contribution in [1.82, 2.24) is 18.6 Å². The quantitative estimate of drug-likeness (QED) is 0.121. The molecule has 24 rings (SSSR count). The van der Waals surface area contributed by atoms with E-state index in [4.69, 9.17) is 13.3 Å². The summed E-state index contributed by atoms with van der Waals surface area (Å²) in [6, 6.07) is 95.3. The fraction of sp³-hybridized carbons (Fsp3) is 0.172. The number of hydrogen-bond donors (Lipinski definition) is 0. The summed E-state index contributed by atoms with van der Waals surface area (Å²) in [5.41, 5.74) is 33.4. The highest BCUT2D eigenvalue weighted by Gasteiger charge is 2.43. The first-order chi connectivity index (χ1) is 60.6. The van der Waals surface area contributed by atoms with Gasteiger partial charge in [-0.1, -0.05) is 269 Å². The first-order valence-electron chi connectivity index (χ1n) is 42.8. The molecule has 3 aliphatic rings. The Morgan fingerprint density at radius 2 is 0.574 bits per heavy atom. The van der Waals surface area contributed by atoms with E-state index in [2.05, 4.69) is 401 Å². The molecule has 0 amide bonds. The molecule has 9 aromatic heterocycles. The minimum absolute atomic E-state index is 0. The summed E-state index contributed by atoms with van der Waals surface area (Å²) >= 11 is 5.45. The molecule has 13 heteroatoms. The molecule has 0 spiro atoms. The Balaban J connectivity index is 0.000000120. The average molecular weight is 1750 g/mol. The van der Waals surface area contributed by atoms with Crippen molar-refractivity contribution in [1.29, 1.82) is 0 Å².